The van der Waals surface area contributed by atoms with E-state index in [4.69, 9.17) is 9.47 Å². The third kappa shape index (κ3) is 3.42. The van der Waals surface area contributed by atoms with Crippen LogP contribution in [0.25, 0.3) is 0 Å². The van der Waals surface area contributed by atoms with Crippen molar-refractivity contribution in [2.75, 3.05) is 18.1 Å². The molecule has 0 atom stereocenters. The highest BCUT2D eigenvalue weighted by Gasteiger charge is 2.55. The number of carbonyl (C=O) groups is 2. The van der Waals surface area contributed by atoms with Crippen LogP contribution in [0.4, 0.5) is 24.5 Å². The third-order valence-corrected chi connectivity index (χ3v) is 5.73. The molecule has 0 N–H and O–H groups in total. The van der Waals surface area contributed by atoms with Crippen molar-refractivity contribution in [3.8, 4) is 0 Å². The average molecular weight is 453 g/mol. The number of alkyl halides is 3. The molecule has 0 saturated carbocycles. The Balaban J connectivity index is 1.64. The number of carbonyl (C=O) groups excluding carboxylic acids is 2. The Bertz CT molecular complexity index is 1230. The van der Waals surface area contributed by atoms with Gasteiger partial charge in [0.1, 0.15) is 0 Å². The lowest BCUT2D eigenvalue weighted by Gasteiger charge is -2.32. The van der Waals surface area contributed by atoms with Crippen LogP contribution in [0.2, 0.25) is 0 Å². The topological polar surface area (TPSA) is 55.8 Å². The molecule has 1 fully saturated rings. The Kier molecular flexibility index (Phi) is 5.07. The van der Waals surface area contributed by atoms with Gasteiger partial charge in [-0.25, -0.2) is 0 Å². The van der Waals surface area contributed by atoms with Crippen LogP contribution in [0.1, 0.15) is 33.5 Å². The molecule has 0 unspecified atom stereocenters. The number of anilines is 2. The molecule has 0 radical (unpaired) electrons. The van der Waals surface area contributed by atoms with E-state index in [1.54, 1.807) is 30.3 Å². The molecule has 8 heteroatoms. The van der Waals surface area contributed by atoms with Crippen LogP contribution in [0, 0.1) is 0 Å². The second kappa shape index (κ2) is 7.83. The van der Waals surface area contributed by atoms with Gasteiger partial charge in [0.25, 0.3) is 11.7 Å². The van der Waals surface area contributed by atoms with Crippen LogP contribution in [0.15, 0.2) is 72.8 Å². The first kappa shape index (κ1) is 21.4. The molecule has 1 amide bonds. The van der Waals surface area contributed by atoms with Gasteiger partial charge in [-0.05, 0) is 42.8 Å². The van der Waals surface area contributed by atoms with Crippen molar-refractivity contribution in [1.29, 1.82) is 0 Å². The van der Waals surface area contributed by atoms with Crippen molar-refractivity contribution in [2.45, 2.75) is 18.4 Å². The first-order chi connectivity index (χ1) is 15.8. The largest absolute Gasteiger partial charge is 0.417 e. The van der Waals surface area contributed by atoms with E-state index in [1.165, 1.54) is 29.2 Å². The first-order valence-electron chi connectivity index (χ1n) is 10.4. The van der Waals surface area contributed by atoms with Gasteiger partial charge in [-0.15, -0.1) is 0 Å². The molecule has 3 aromatic rings. The highest BCUT2D eigenvalue weighted by Crippen LogP contribution is 2.48. The Morgan fingerprint density at radius 1 is 0.909 bits per heavy atom. The van der Waals surface area contributed by atoms with Crippen LogP contribution in [-0.4, -0.2) is 24.9 Å². The molecule has 33 heavy (non-hydrogen) atoms. The van der Waals surface area contributed by atoms with Crippen LogP contribution in [-0.2, 0) is 26.2 Å². The minimum Gasteiger partial charge on any atom is -0.338 e. The number of amides is 1. The van der Waals surface area contributed by atoms with Crippen molar-refractivity contribution in [3.05, 3.63) is 95.1 Å². The minimum absolute atomic E-state index is 0.00492. The van der Waals surface area contributed by atoms with Gasteiger partial charge in [0.15, 0.2) is 5.78 Å². The summed E-state index contributed by atoms with van der Waals surface area (Å²) in [4.78, 5) is 28.1. The molecular formula is C25H18F3NO4. The van der Waals surface area contributed by atoms with Crippen molar-refractivity contribution in [2.24, 2.45) is 0 Å². The van der Waals surface area contributed by atoms with Gasteiger partial charge >= 0.3 is 6.18 Å². The summed E-state index contributed by atoms with van der Waals surface area (Å²) >= 11 is 0. The van der Waals surface area contributed by atoms with Gasteiger partial charge in [-0.1, -0.05) is 36.4 Å². The number of benzene rings is 3. The third-order valence-electron chi connectivity index (χ3n) is 5.73. The normalized spacial score (nSPS) is 17.3. The van der Waals surface area contributed by atoms with E-state index in [9.17, 15) is 22.8 Å². The lowest BCUT2D eigenvalue weighted by molar-refractivity contribution is -0.256. The van der Waals surface area contributed by atoms with Crippen LogP contribution >= 0.6 is 0 Å². The Morgan fingerprint density at radius 3 is 2.27 bits per heavy atom. The zero-order valence-electron chi connectivity index (χ0n) is 17.3. The summed E-state index contributed by atoms with van der Waals surface area (Å²) in [5.41, 5.74) is -0.142. The van der Waals surface area contributed by atoms with Gasteiger partial charge in [0.05, 0.1) is 24.5 Å². The molecule has 0 aliphatic carbocycles. The zero-order valence-corrected chi connectivity index (χ0v) is 17.3. The van der Waals surface area contributed by atoms with Gasteiger partial charge in [-0.2, -0.15) is 13.2 Å². The van der Waals surface area contributed by atoms with E-state index in [0.29, 0.717) is 23.4 Å². The molecule has 2 heterocycles. The monoisotopic (exact) mass is 453 g/mol. The summed E-state index contributed by atoms with van der Waals surface area (Å²) in [6.07, 6.45) is -4.09. The number of halogens is 3. The number of hydrogen-bond acceptors (Lipinski definition) is 4. The molecule has 168 valence electrons. The summed E-state index contributed by atoms with van der Waals surface area (Å²) in [7, 11) is 0. The van der Waals surface area contributed by atoms with Crippen molar-refractivity contribution in [1.82, 2.24) is 0 Å². The van der Waals surface area contributed by atoms with E-state index in [-0.39, 0.29) is 18.8 Å². The SMILES string of the molecule is O=C(c1ccc2c(c1)C1(OCCCO1)C(=O)N2c1ccccc1)c1ccccc1C(F)(F)F. The van der Waals surface area contributed by atoms with E-state index in [2.05, 4.69) is 0 Å². The molecule has 0 aromatic heterocycles. The van der Waals surface area contributed by atoms with Crippen LogP contribution in [0.5, 0.6) is 0 Å². The van der Waals surface area contributed by atoms with E-state index in [1.807, 2.05) is 6.07 Å². The number of ketones is 1. The maximum atomic E-state index is 13.5. The smallest absolute Gasteiger partial charge is 0.338 e. The summed E-state index contributed by atoms with van der Waals surface area (Å²) in [5.74, 6) is -3.02. The molecule has 3 aromatic carbocycles. The Hall–Kier alpha value is -3.49. The predicted octanol–water partition coefficient (Wildman–Crippen LogP) is 5.20. The second-order valence-corrected chi connectivity index (χ2v) is 7.75. The lowest BCUT2D eigenvalue weighted by Crippen LogP contribution is -2.46. The average Bonchev–Trinajstić information content (AvgIpc) is 3.06. The predicted molar refractivity (Wildman–Crippen MR) is 113 cm³/mol. The van der Waals surface area contributed by atoms with Crippen molar-refractivity contribution in [3.63, 3.8) is 0 Å². The highest BCUT2D eigenvalue weighted by atomic mass is 19.4. The maximum Gasteiger partial charge on any atom is 0.417 e. The molecule has 5 rings (SSSR count). The highest BCUT2D eigenvalue weighted by molar-refractivity contribution is 6.14. The fourth-order valence-corrected chi connectivity index (χ4v) is 4.24. The zero-order chi connectivity index (χ0) is 23.2. The second-order valence-electron chi connectivity index (χ2n) is 7.75. The molecule has 0 bridgehead atoms. The number of hydrogen-bond donors (Lipinski definition) is 0. The van der Waals surface area contributed by atoms with E-state index in [0.717, 1.165) is 12.1 Å². The Morgan fingerprint density at radius 2 is 1.58 bits per heavy atom. The fraction of sp³-hybridized carbons (Fsp3) is 0.200. The van der Waals surface area contributed by atoms with Crippen LogP contribution < -0.4 is 4.90 Å². The number of para-hydroxylation sites is 1. The lowest BCUT2D eigenvalue weighted by atomic mass is 9.95. The van der Waals surface area contributed by atoms with Gasteiger partial charge in [0, 0.05) is 22.4 Å². The molecule has 1 saturated heterocycles. The van der Waals surface area contributed by atoms with Gasteiger partial charge in [0.2, 0.25) is 0 Å². The summed E-state index contributed by atoms with van der Waals surface area (Å²) < 4.78 is 52.1. The quantitative estimate of drug-likeness (QED) is 0.512. The minimum atomic E-state index is -4.68. The maximum absolute atomic E-state index is 13.5. The summed E-state index contributed by atoms with van der Waals surface area (Å²) in [6.45, 7) is 0.534. The molecular weight excluding hydrogens is 435 g/mol. The molecule has 2 aliphatic heterocycles. The van der Waals surface area contributed by atoms with Gasteiger partial charge in [-0.3, -0.25) is 14.5 Å². The number of fused-ring (bicyclic) bond motifs is 2. The Labute approximate surface area is 187 Å². The summed E-state index contributed by atoms with van der Waals surface area (Å²) in [5, 5.41) is 0. The first-order valence-corrected chi connectivity index (χ1v) is 10.4. The number of ether oxygens (including phenoxy) is 2. The molecule has 1 spiro atoms. The van der Waals surface area contributed by atoms with E-state index < -0.39 is 34.8 Å². The fourth-order valence-electron chi connectivity index (χ4n) is 4.24. The summed E-state index contributed by atoms with van der Waals surface area (Å²) in [6, 6.07) is 17.9. The number of rotatable bonds is 3. The molecule has 2 aliphatic rings. The van der Waals surface area contributed by atoms with Crippen molar-refractivity contribution >= 4 is 23.1 Å². The molecule has 5 nitrogen and oxygen atoms in total. The number of nitrogens with zero attached hydrogens (tertiary/aromatic N) is 1. The standard InChI is InChI=1S/C25H18F3NO4/c26-25(27,28)19-10-5-4-9-18(19)22(30)16-11-12-21-20(15-16)24(32-13-6-14-33-24)23(31)29(21)17-7-2-1-3-8-17/h1-5,7-12,15H,6,13-14H2. The van der Waals surface area contributed by atoms with E-state index >= 15 is 0 Å². The van der Waals surface area contributed by atoms with Gasteiger partial charge < -0.3 is 9.47 Å². The van der Waals surface area contributed by atoms with Crippen molar-refractivity contribution < 1.29 is 32.2 Å². The van der Waals surface area contributed by atoms with Crippen LogP contribution in [0.3, 0.4) is 0 Å².